The number of likely N-dealkylation sites (N-methyl/N-ethyl adjacent to an activating group) is 1. The molecule has 0 radical (unpaired) electrons. The highest BCUT2D eigenvalue weighted by molar-refractivity contribution is 7.12. The van der Waals surface area contributed by atoms with Gasteiger partial charge in [0.1, 0.15) is 10.9 Å². The van der Waals surface area contributed by atoms with Crippen molar-refractivity contribution in [2.24, 2.45) is 0 Å². The van der Waals surface area contributed by atoms with Crippen LogP contribution in [0.25, 0.3) is 0 Å². The quantitative estimate of drug-likeness (QED) is 0.765. The van der Waals surface area contributed by atoms with E-state index in [0.29, 0.717) is 4.88 Å². The molecular weight excluding hydrogens is 382 g/mol. The van der Waals surface area contributed by atoms with Crippen LogP contribution in [0.2, 0.25) is 0 Å². The van der Waals surface area contributed by atoms with E-state index in [1.54, 1.807) is 13.1 Å². The van der Waals surface area contributed by atoms with Crippen molar-refractivity contribution in [1.82, 2.24) is 10.2 Å². The summed E-state index contributed by atoms with van der Waals surface area (Å²) in [4.78, 5) is 16.1. The van der Waals surface area contributed by atoms with E-state index >= 15 is 0 Å². The summed E-state index contributed by atoms with van der Waals surface area (Å²) in [6, 6.07) is 15.5. The Morgan fingerprint density at radius 3 is 2.38 bits per heavy atom. The number of rotatable bonds is 3. The molecule has 1 aromatic carbocycles. The third-order valence-corrected chi connectivity index (χ3v) is 6.69. The normalized spacial score (nSPS) is 21.7. The van der Waals surface area contributed by atoms with E-state index in [4.69, 9.17) is 5.41 Å². The molecule has 3 rings (SSSR count). The summed E-state index contributed by atoms with van der Waals surface area (Å²) in [5, 5.41) is 29.5. The maximum atomic E-state index is 13.3. The third kappa shape index (κ3) is 3.32. The van der Waals surface area contributed by atoms with Crippen LogP contribution in [0.15, 0.2) is 42.2 Å². The van der Waals surface area contributed by atoms with E-state index in [2.05, 4.69) is 23.3 Å². The fourth-order valence-electron chi connectivity index (χ4n) is 3.58. The molecule has 0 bridgehead atoms. The first-order valence-corrected chi connectivity index (χ1v) is 9.87. The first-order valence-electron chi connectivity index (χ1n) is 9.05. The molecule has 1 aliphatic rings. The molecule has 1 saturated heterocycles. The summed E-state index contributed by atoms with van der Waals surface area (Å²) < 4.78 is 0. The lowest BCUT2D eigenvalue weighted by atomic mass is 9.76. The molecule has 6 nitrogen and oxygen atoms in total. The van der Waals surface area contributed by atoms with Gasteiger partial charge in [-0.05, 0) is 44.0 Å². The van der Waals surface area contributed by atoms with E-state index in [1.165, 1.54) is 16.2 Å². The monoisotopic (exact) mass is 403 g/mol. The second kappa shape index (κ2) is 7.22. The van der Waals surface area contributed by atoms with Crippen molar-refractivity contribution in [2.75, 3.05) is 7.05 Å². The van der Waals surface area contributed by atoms with Gasteiger partial charge in [-0.3, -0.25) is 15.1 Å². The Kier molecular flexibility index (Phi) is 5.07. The van der Waals surface area contributed by atoms with E-state index in [1.807, 2.05) is 51.1 Å². The van der Waals surface area contributed by atoms with E-state index in [-0.39, 0.29) is 11.7 Å². The Labute approximate surface area is 174 Å². The molecule has 0 unspecified atom stereocenters. The highest BCUT2D eigenvalue weighted by Crippen LogP contribution is 2.44. The molecule has 2 N–H and O–H groups in total. The Bertz CT molecular complexity index is 1100. The average Bonchev–Trinajstić information content (AvgIpc) is 3.21. The van der Waals surface area contributed by atoms with Crippen molar-refractivity contribution in [3.8, 4) is 12.1 Å². The van der Waals surface area contributed by atoms with Crippen LogP contribution in [0.4, 0.5) is 0 Å². The number of nitrogens with zero attached hydrogens (tertiary/aromatic N) is 3. The number of amides is 1. The minimum absolute atomic E-state index is 0.166. The summed E-state index contributed by atoms with van der Waals surface area (Å²) in [6.45, 7) is 5.60. The number of nitrogens with one attached hydrogen (secondary N) is 2. The van der Waals surface area contributed by atoms with Crippen molar-refractivity contribution in [3.05, 3.63) is 63.1 Å². The SMILES string of the molecule is CN1C(=O)[C@H](c2ccc(C(C)(C)C#N)cc2)[C@@](C)(c2ccc(C#N)s2)NC1=C=N. The number of carbonyl (C=O) groups excluding carboxylic acids is 1. The lowest BCUT2D eigenvalue weighted by Gasteiger charge is -2.45. The van der Waals surface area contributed by atoms with Gasteiger partial charge in [0.05, 0.1) is 22.9 Å². The maximum Gasteiger partial charge on any atom is 0.238 e. The molecule has 2 heterocycles. The standard InChI is InChI=1S/C22H21N5OS/c1-21(2,13-25)15-7-5-14(6-8-15)19-20(28)27(4)18(12-24)26-22(19,3)17-10-9-16(11-23)29-17/h5-10,19,24,26H,1-4H3/t19-,22+/m0/s1. The van der Waals surface area contributed by atoms with Gasteiger partial charge in [-0.1, -0.05) is 24.3 Å². The molecule has 1 fully saturated rings. The van der Waals surface area contributed by atoms with Crippen LogP contribution in [0.1, 0.15) is 47.6 Å². The van der Waals surface area contributed by atoms with E-state index in [9.17, 15) is 15.3 Å². The van der Waals surface area contributed by atoms with Gasteiger partial charge in [-0.2, -0.15) is 10.5 Å². The molecule has 1 aromatic heterocycles. The zero-order valence-electron chi connectivity index (χ0n) is 16.7. The van der Waals surface area contributed by atoms with Gasteiger partial charge >= 0.3 is 0 Å². The van der Waals surface area contributed by atoms with Crippen molar-refractivity contribution < 1.29 is 4.79 Å². The van der Waals surface area contributed by atoms with E-state index < -0.39 is 16.9 Å². The zero-order chi connectivity index (χ0) is 21.4. The average molecular weight is 404 g/mol. The molecule has 0 saturated carbocycles. The van der Waals surface area contributed by atoms with Crippen LogP contribution in [0.3, 0.4) is 0 Å². The van der Waals surface area contributed by atoms with E-state index in [0.717, 1.165) is 16.0 Å². The highest BCUT2D eigenvalue weighted by atomic mass is 32.1. The van der Waals surface area contributed by atoms with Crippen molar-refractivity contribution in [1.29, 1.82) is 15.9 Å². The maximum absolute atomic E-state index is 13.3. The minimum atomic E-state index is -0.848. The number of thiophene rings is 1. The van der Waals surface area contributed by atoms with Gasteiger partial charge < -0.3 is 5.32 Å². The molecule has 2 aromatic rings. The second-order valence-electron chi connectivity index (χ2n) is 7.77. The summed E-state index contributed by atoms with van der Waals surface area (Å²) >= 11 is 1.32. The minimum Gasteiger partial charge on any atom is -0.352 e. The fourth-order valence-corrected chi connectivity index (χ4v) is 4.52. The van der Waals surface area contributed by atoms with Crippen molar-refractivity contribution >= 4 is 23.1 Å². The topological polar surface area (TPSA) is 104 Å². The summed E-state index contributed by atoms with van der Waals surface area (Å²) in [6.07, 6.45) is 0. The molecule has 0 spiro atoms. The van der Waals surface area contributed by atoms with Crippen LogP contribution >= 0.6 is 11.3 Å². The first-order chi connectivity index (χ1) is 13.7. The molecule has 1 aliphatic heterocycles. The van der Waals surface area contributed by atoms with Crippen LogP contribution in [0.5, 0.6) is 0 Å². The molecular formula is C22H21N5OS. The van der Waals surface area contributed by atoms with Crippen LogP contribution in [-0.2, 0) is 15.7 Å². The Morgan fingerprint density at radius 1 is 1.21 bits per heavy atom. The third-order valence-electron chi connectivity index (χ3n) is 5.46. The second-order valence-corrected chi connectivity index (χ2v) is 8.85. The van der Waals surface area contributed by atoms with Crippen molar-refractivity contribution in [2.45, 2.75) is 37.6 Å². The lowest BCUT2D eigenvalue weighted by molar-refractivity contribution is -0.134. The predicted molar refractivity (Wildman–Crippen MR) is 111 cm³/mol. The first kappa shape index (κ1) is 20.4. The molecule has 1 amide bonds. The fraction of sp³-hybridized carbons (Fsp3) is 0.318. The van der Waals surface area contributed by atoms with Gasteiger partial charge in [-0.25, -0.2) is 0 Å². The van der Waals surface area contributed by atoms with Crippen LogP contribution in [-0.4, -0.2) is 23.7 Å². The van der Waals surface area contributed by atoms with Crippen LogP contribution < -0.4 is 5.32 Å². The molecule has 7 heteroatoms. The van der Waals surface area contributed by atoms with Crippen LogP contribution in [0, 0.1) is 28.1 Å². The van der Waals surface area contributed by atoms with Gasteiger partial charge in [0.15, 0.2) is 5.82 Å². The lowest BCUT2D eigenvalue weighted by Crippen LogP contribution is -2.58. The van der Waals surface area contributed by atoms with Gasteiger partial charge in [-0.15, -0.1) is 11.3 Å². The summed E-state index contributed by atoms with van der Waals surface area (Å²) in [7, 11) is 1.61. The number of carbonyl (C=O) groups is 1. The zero-order valence-corrected chi connectivity index (χ0v) is 17.5. The number of hydrogen-bond donors (Lipinski definition) is 2. The molecule has 2 atom stereocenters. The molecule has 146 valence electrons. The smallest absolute Gasteiger partial charge is 0.238 e. The number of benzene rings is 1. The Hall–Kier alpha value is -3.38. The largest absolute Gasteiger partial charge is 0.352 e. The van der Waals surface area contributed by atoms with Crippen molar-refractivity contribution in [3.63, 3.8) is 0 Å². The van der Waals surface area contributed by atoms with Gasteiger partial charge in [0.25, 0.3) is 0 Å². The predicted octanol–water partition coefficient (Wildman–Crippen LogP) is 3.57. The van der Waals surface area contributed by atoms with Gasteiger partial charge in [0.2, 0.25) is 5.91 Å². The number of nitriles is 2. The Morgan fingerprint density at radius 2 is 1.86 bits per heavy atom. The highest BCUT2D eigenvalue weighted by Gasteiger charge is 2.49. The Balaban J connectivity index is 2.15. The molecule has 0 aliphatic carbocycles. The summed E-state index contributed by atoms with van der Waals surface area (Å²) in [5.74, 6) is 1.84. The molecule has 29 heavy (non-hydrogen) atoms. The van der Waals surface area contributed by atoms with Gasteiger partial charge in [0, 0.05) is 17.8 Å². The summed E-state index contributed by atoms with van der Waals surface area (Å²) in [5.41, 5.74) is 0.195. The number of hydrogen-bond acceptors (Lipinski definition) is 6.